The smallest absolute Gasteiger partial charge is 0.411 e. The van der Waals surface area contributed by atoms with Gasteiger partial charge in [-0.1, -0.05) is 23.2 Å². The van der Waals surface area contributed by atoms with E-state index in [0.29, 0.717) is 37.2 Å². The highest BCUT2D eigenvalue weighted by Gasteiger charge is 2.19. The second kappa shape index (κ2) is 9.10. The number of carbonyl (C=O) groups excluding carboxylic acids is 1. The molecule has 0 saturated heterocycles. The van der Waals surface area contributed by atoms with Gasteiger partial charge < -0.3 is 15.8 Å². The third-order valence-electron chi connectivity index (χ3n) is 4.57. The van der Waals surface area contributed by atoms with Crippen LogP contribution in [-0.4, -0.2) is 31.4 Å². The molecule has 3 aromatic carbocycles. The van der Waals surface area contributed by atoms with Crippen molar-refractivity contribution in [3.8, 4) is 0 Å². The Morgan fingerprint density at radius 2 is 1.73 bits per heavy atom. The SMILES string of the molecule is NC(=O)N(c1ccc(S(=O)c2ccc3nc(NC(=O)O)[nH]c3c2)cc1)c1cc(Cl)ccc1Cl. The first-order chi connectivity index (χ1) is 15.7. The first kappa shape index (κ1) is 22.6. The highest BCUT2D eigenvalue weighted by Crippen LogP contribution is 2.34. The van der Waals surface area contributed by atoms with Crippen LogP contribution in [-0.2, 0) is 10.8 Å². The van der Waals surface area contributed by atoms with Crippen LogP contribution in [0.1, 0.15) is 0 Å². The number of anilines is 3. The maximum absolute atomic E-state index is 13.1. The number of urea groups is 1. The van der Waals surface area contributed by atoms with Crippen molar-refractivity contribution in [2.45, 2.75) is 9.79 Å². The van der Waals surface area contributed by atoms with Gasteiger partial charge in [0, 0.05) is 14.8 Å². The molecule has 0 radical (unpaired) electrons. The number of nitrogens with two attached hydrogens (primary N) is 1. The number of benzene rings is 3. The number of rotatable bonds is 5. The van der Waals surface area contributed by atoms with E-state index < -0.39 is 22.9 Å². The lowest BCUT2D eigenvalue weighted by atomic mass is 10.2. The minimum atomic E-state index is -1.56. The van der Waals surface area contributed by atoms with E-state index in [0.717, 1.165) is 0 Å². The van der Waals surface area contributed by atoms with Crippen LogP contribution in [0.25, 0.3) is 11.0 Å². The Bertz CT molecular complexity index is 1410. The third-order valence-corrected chi connectivity index (χ3v) is 6.51. The fourth-order valence-electron chi connectivity index (χ4n) is 3.16. The van der Waals surface area contributed by atoms with Crippen molar-refractivity contribution in [2.75, 3.05) is 10.2 Å². The molecule has 0 saturated carbocycles. The summed E-state index contributed by atoms with van der Waals surface area (Å²) in [6.45, 7) is 0. The molecular weight excluding hydrogens is 489 g/mol. The number of nitrogens with one attached hydrogen (secondary N) is 2. The third kappa shape index (κ3) is 4.77. The van der Waals surface area contributed by atoms with E-state index in [1.54, 1.807) is 54.6 Å². The van der Waals surface area contributed by atoms with Crippen LogP contribution in [0.5, 0.6) is 0 Å². The van der Waals surface area contributed by atoms with Crippen molar-refractivity contribution in [3.63, 3.8) is 0 Å². The molecule has 12 heteroatoms. The molecule has 0 fully saturated rings. The molecule has 4 aromatic rings. The Kier molecular flexibility index (Phi) is 6.23. The summed E-state index contributed by atoms with van der Waals surface area (Å²) >= 11 is 12.3. The van der Waals surface area contributed by atoms with E-state index in [4.69, 9.17) is 34.0 Å². The first-order valence-corrected chi connectivity index (χ1v) is 11.2. The second-order valence-electron chi connectivity index (χ2n) is 6.73. The van der Waals surface area contributed by atoms with Crippen LogP contribution < -0.4 is 16.0 Å². The molecule has 168 valence electrons. The zero-order valence-electron chi connectivity index (χ0n) is 16.6. The monoisotopic (exact) mass is 503 g/mol. The molecular formula is C21H15Cl2N5O4S. The van der Waals surface area contributed by atoms with Gasteiger partial charge in [0.25, 0.3) is 0 Å². The predicted octanol–water partition coefficient (Wildman–Crippen LogP) is 5.34. The average molecular weight is 504 g/mol. The van der Waals surface area contributed by atoms with Gasteiger partial charge in [-0.05, 0) is 60.7 Å². The molecule has 1 unspecified atom stereocenters. The van der Waals surface area contributed by atoms with E-state index in [1.165, 1.54) is 11.0 Å². The number of hydrogen-bond acceptors (Lipinski definition) is 4. The van der Waals surface area contributed by atoms with Crippen LogP contribution in [0.4, 0.5) is 26.9 Å². The van der Waals surface area contributed by atoms with Crippen molar-refractivity contribution < 1.29 is 18.9 Å². The Hall–Kier alpha value is -3.60. The maximum atomic E-state index is 13.1. The number of aromatic nitrogens is 2. The Labute approximate surface area is 199 Å². The van der Waals surface area contributed by atoms with Gasteiger partial charge in [-0.25, -0.2) is 18.8 Å². The summed E-state index contributed by atoms with van der Waals surface area (Å²) in [5.41, 5.74) is 7.35. The molecule has 0 spiro atoms. The van der Waals surface area contributed by atoms with Gasteiger partial charge in [-0.2, -0.15) is 0 Å². The van der Waals surface area contributed by atoms with Gasteiger partial charge in [-0.15, -0.1) is 0 Å². The van der Waals surface area contributed by atoms with Gasteiger partial charge in [0.15, 0.2) is 0 Å². The van der Waals surface area contributed by atoms with Crippen molar-refractivity contribution in [3.05, 3.63) is 70.7 Å². The van der Waals surface area contributed by atoms with Crippen molar-refractivity contribution >= 4 is 74.5 Å². The number of carboxylic acid groups (broad SMARTS) is 1. The molecule has 4 rings (SSSR count). The molecule has 1 aromatic heterocycles. The van der Waals surface area contributed by atoms with E-state index >= 15 is 0 Å². The van der Waals surface area contributed by atoms with Crippen molar-refractivity contribution in [1.82, 2.24) is 9.97 Å². The van der Waals surface area contributed by atoms with Crippen LogP contribution in [0.3, 0.4) is 0 Å². The van der Waals surface area contributed by atoms with E-state index in [2.05, 4.69) is 15.3 Å². The molecule has 1 atom stereocenters. The van der Waals surface area contributed by atoms with Crippen LogP contribution in [0.15, 0.2) is 70.5 Å². The van der Waals surface area contributed by atoms with Gasteiger partial charge in [0.2, 0.25) is 5.95 Å². The van der Waals surface area contributed by atoms with Gasteiger partial charge in [0.05, 0.1) is 38.2 Å². The Morgan fingerprint density at radius 1 is 1.03 bits per heavy atom. The lowest BCUT2D eigenvalue weighted by Gasteiger charge is -2.22. The Balaban J connectivity index is 1.63. The average Bonchev–Trinajstić information content (AvgIpc) is 3.16. The standard InChI is InChI=1S/C21H15Cl2N5O4S/c22-11-1-7-15(23)18(9-11)28(19(24)29)12-2-4-13(5-3-12)33(32)14-6-8-16-17(10-14)26-20(25-16)27-21(30)31/h1-10H,(H2,24,29)(H,30,31)(H2,25,26,27). The number of H-pyrrole nitrogens is 1. The molecule has 5 N–H and O–H groups in total. The van der Waals surface area contributed by atoms with E-state index in [-0.39, 0.29) is 11.0 Å². The lowest BCUT2D eigenvalue weighted by molar-refractivity contribution is 0.209. The summed E-state index contributed by atoms with van der Waals surface area (Å²) in [5, 5.41) is 11.6. The van der Waals surface area contributed by atoms with Gasteiger partial charge >= 0.3 is 12.1 Å². The molecule has 3 amide bonds. The molecule has 1 heterocycles. The summed E-state index contributed by atoms with van der Waals surface area (Å²) in [4.78, 5) is 32.0. The minimum absolute atomic E-state index is 0.0657. The van der Waals surface area contributed by atoms with Crippen LogP contribution >= 0.6 is 23.2 Å². The molecule has 0 aliphatic heterocycles. The number of amides is 3. The molecule has 0 bridgehead atoms. The Morgan fingerprint density at radius 3 is 2.39 bits per heavy atom. The zero-order valence-corrected chi connectivity index (χ0v) is 18.9. The van der Waals surface area contributed by atoms with Crippen molar-refractivity contribution in [1.29, 1.82) is 0 Å². The second-order valence-corrected chi connectivity index (χ2v) is 9.05. The quantitative estimate of drug-likeness (QED) is 0.290. The highest BCUT2D eigenvalue weighted by atomic mass is 35.5. The fourth-order valence-corrected chi connectivity index (χ4v) is 4.60. The lowest BCUT2D eigenvalue weighted by Crippen LogP contribution is -2.31. The minimum Gasteiger partial charge on any atom is -0.465 e. The molecule has 9 nitrogen and oxygen atoms in total. The number of nitrogens with zero attached hydrogens (tertiary/aromatic N) is 2. The first-order valence-electron chi connectivity index (χ1n) is 9.29. The number of hydrogen-bond donors (Lipinski definition) is 4. The largest absolute Gasteiger partial charge is 0.465 e. The number of primary amides is 1. The molecule has 0 aliphatic rings. The summed E-state index contributed by atoms with van der Waals surface area (Å²) in [7, 11) is -1.56. The van der Waals surface area contributed by atoms with E-state index in [9.17, 15) is 13.8 Å². The summed E-state index contributed by atoms with van der Waals surface area (Å²) in [6, 6.07) is 15.2. The number of fused-ring (bicyclic) bond motifs is 1. The number of halogens is 2. The van der Waals surface area contributed by atoms with Crippen LogP contribution in [0, 0.1) is 0 Å². The maximum Gasteiger partial charge on any atom is 0.411 e. The summed E-state index contributed by atoms with van der Waals surface area (Å²) in [6.07, 6.45) is -1.25. The van der Waals surface area contributed by atoms with E-state index in [1.807, 2.05) is 0 Å². The number of aromatic amines is 1. The topological polar surface area (TPSA) is 141 Å². The normalized spacial score (nSPS) is 11.8. The van der Waals surface area contributed by atoms with Crippen molar-refractivity contribution in [2.24, 2.45) is 5.73 Å². The highest BCUT2D eigenvalue weighted by molar-refractivity contribution is 7.85. The fraction of sp³-hybridized carbons (Fsp3) is 0. The van der Waals surface area contributed by atoms with Gasteiger partial charge in [0.1, 0.15) is 0 Å². The number of imidazole rings is 1. The summed E-state index contributed by atoms with van der Waals surface area (Å²) < 4.78 is 13.1. The molecule has 0 aliphatic carbocycles. The molecule has 33 heavy (non-hydrogen) atoms. The number of carbonyl (C=O) groups is 2. The van der Waals surface area contributed by atoms with Gasteiger partial charge in [-0.3, -0.25) is 10.2 Å². The van der Waals surface area contributed by atoms with Crippen LogP contribution in [0.2, 0.25) is 10.0 Å². The predicted molar refractivity (Wildman–Crippen MR) is 127 cm³/mol. The summed E-state index contributed by atoms with van der Waals surface area (Å²) in [5.74, 6) is 0.0657. The zero-order chi connectivity index (χ0) is 23.7.